The fourth-order valence-electron chi connectivity index (χ4n) is 3.84. The van der Waals surface area contributed by atoms with Crippen LogP contribution in [0.5, 0.6) is 0 Å². The molecule has 0 amide bonds. The highest BCUT2D eigenvalue weighted by atomic mass is 31.2. The van der Waals surface area contributed by atoms with Crippen LogP contribution in [0, 0.1) is 0 Å². The quantitative estimate of drug-likeness (QED) is 0.534. The van der Waals surface area contributed by atoms with E-state index in [1.54, 1.807) is 24.5 Å². The molecule has 0 aliphatic carbocycles. The van der Waals surface area contributed by atoms with Crippen molar-refractivity contribution in [3.05, 3.63) is 52.8 Å². The molecule has 4 rings (SSSR count). The first-order chi connectivity index (χ1) is 15.0. The molecule has 2 aliphatic rings. The Labute approximate surface area is 183 Å². The summed E-state index contributed by atoms with van der Waals surface area (Å²) in [4.78, 5) is 19.8. The molecule has 0 saturated carbocycles. The standard InChI is InChI=1S/C19H25N4O8P/c1-18(11-29-32(27)28-10-6-13(31-32)12-3-7-21-8-4-12)15(24)19(2,26)16(30-18)23-9-5-14(20)22-17(23)25/h3-5,7-9,13,15-16,24,26H,6,10-11H2,1-2H3,(H2,20,22,25)/t13?,15-,16-,18-,19-,32?/m1/s1. The summed E-state index contributed by atoms with van der Waals surface area (Å²) < 4.78 is 36.3. The second-order valence-corrected chi connectivity index (χ2v) is 9.79. The summed E-state index contributed by atoms with van der Waals surface area (Å²) in [6.45, 7) is 2.46. The first-order valence-electron chi connectivity index (χ1n) is 9.94. The molecule has 2 aromatic heterocycles. The Bertz CT molecular complexity index is 1080. The van der Waals surface area contributed by atoms with Crippen molar-refractivity contribution >= 4 is 13.6 Å². The maximum Gasteiger partial charge on any atom is 0.475 e. The van der Waals surface area contributed by atoms with Gasteiger partial charge in [0.05, 0.1) is 19.3 Å². The zero-order valence-corrected chi connectivity index (χ0v) is 18.4. The highest BCUT2D eigenvalue weighted by molar-refractivity contribution is 7.48. The largest absolute Gasteiger partial charge is 0.475 e. The third kappa shape index (κ3) is 4.23. The number of nitrogens with two attached hydrogens (primary N) is 1. The van der Waals surface area contributed by atoms with E-state index in [9.17, 15) is 19.6 Å². The summed E-state index contributed by atoms with van der Waals surface area (Å²) in [6.07, 6.45) is 1.63. The molecule has 2 unspecified atom stereocenters. The minimum atomic E-state index is -4.00. The number of rotatable bonds is 5. The van der Waals surface area contributed by atoms with Gasteiger partial charge in [-0.3, -0.25) is 23.1 Å². The zero-order chi connectivity index (χ0) is 23.1. The van der Waals surface area contributed by atoms with Crippen LogP contribution in [0.1, 0.15) is 38.2 Å². The Balaban J connectivity index is 1.51. The van der Waals surface area contributed by atoms with Crippen LogP contribution in [-0.4, -0.2) is 55.3 Å². The molecular formula is C19H25N4O8P. The molecule has 2 saturated heterocycles. The number of hydrogen-bond acceptors (Lipinski definition) is 11. The number of aliphatic hydroxyl groups excluding tert-OH is 1. The molecule has 13 heteroatoms. The Morgan fingerprint density at radius 2 is 2.06 bits per heavy atom. The predicted molar refractivity (Wildman–Crippen MR) is 110 cm³/mol. The molecule has 2 aromatic rings. The predicted octanol–water partition coefficient (Wildman–Crippen LogP) is 0.923. The van der Waals surface area contributed by atoms with Crippen LogP contribution in [0.15, 0.2) is 41.6 Å². The van der Waals surface area contributed by atoms with E-state index in [2.05, 4.69) is 9.97 Å². The van der Waals surface area contributed by atoms with E-state index in [4.69, 9.17) is 24.0 Å². The summed E-state index contributed by atoms with van der Waals surface area (Å²) in [6, 6.07) is 4.85. The van der Waals surface area contributed by atoms with Crippen molar-refractivity contribution in [1.29, 1.82) is 0 Å². The van der Waals surface area contributed by atoms with Crippen molar-refractivity contribution in [3.8, 4) is 0 Å². The molecule has 0 bridgehead atoms. The lowest BCUT2D eigenvalue weighted by Crippen LogP contribution is -2.50. The van der Waals surface area contributed by atoms with E-state index in [0.29, 0.717) is 6.42 Å². The van der Waals surface area contributed by atoms with Gasteiger partial charge in [-0.05, 0) is 37.6 Å². The van der Waals surface area contributed by atoms with Gasteiger partial charge in [0.2, 0.25) is 0 Å². The Morgan fingerprint density at radius 3 is 2.75 bits per heavy atom. The summed E-state index contributed by atoms with van der Waals surface area (Å²) in [5.74, 6) is 0.00368. The van der Waals surface area contributed by atoms with Crippen molar-refractivity contribution in [3.63, 3.8) is 0 Å². The first kappa shape index (κ1) is 23.0. The van der Waals surface area contributed by atoms with Gasteiger partial charge in [0, 0.05) is 25.0 Å². The van der Waals surface area contributed by atoms with E-state index < -0.39 is 49.8 Å². The number of phosphoric ester groups is 1. The average molecular weight is 468 g/mol. The van der Waals surface area contributed by atoms with Crippen molar-refractivity contribution < 1.29 is 33.1 Å². The summed E-state index contributed by atoms with van der Waals surface area (Å²) >= 11 is 0. The second-order valence-electron chi connectivity index (χ2n) is 8.17. The number of ether oxygens (including phenoxy) is 1. The molecule has 4 heterocycles. The van der Waals surface area contributed by atoms with Gasteiger partial charge in [-0.15, -0.1) is 0 Å². The van der Waals surface area contributed by atoms with Crippen molar-refractivity contribution in [1.82, 2.24) is 14.5 Å². The number of pyridine rings is 1. The van der Waals surface area contributed by atoms with Gasteiger partial charge in [0.1, 0.15) is 23.1 Å². The van der Waals surface area contributed by atoms with Crippen molar-refractivity contribution in [2.45, 2.75) is 49.9 Å². The van der Waals surface area contributed by atoms with Crippen LogP contribution in [-0.2, 0) is 22.9 Å². The Kier molecular flexibility index (Phi) is 5.97. The fraction of sp³-hybridized carbons (Fsp3) is 0.526. The van der Waals surface area contributed by atoms with Gasteiger partial charge in [-0.25, -0.2) is 9.36 Å². The Hall–Kier alpha value is -2.18. The van der Waals surface area contributed by atoms with E-state index >= 15 is 0 Å². The minimum Gasteiger partial charge on any atom is -0.387 e. The lowest BCUT2D eigenvalue weighted by Gasteiger charge is -2.33. The average Bonchev–Trinajstić information content (AvgIpc) is 2.94. The molecule has 2 fully saturated rings. The van der Waals surface area contributed by atoms with Gasteiger partial charge >= 0.3 is 13.5 Å². The molecule has 4 N–H and O–H groups in total. The summed E-state index contributed by atoms with van der Waals surface area (Å²) in [5, 5.41) is 21.7. The zero-order valence-electron chi connectivity index (χ0n) is 17.5. The van der Waals surface area contributed by atoms with Crippen molar-refractivity contribution in [2.24, 2.45) is 0 Å². The summed E-state index contributed by atoms with van der Waals surface area (Å²) in [7, 11) is -4.00. The molecule has 32 heavy (non-hydrogen) atoms. The van der Waals surface area contributed by atoms with Crippen LogP contribution in [0.25, 0.3) is 0 Å². The molecule has 6 atom stereocenters. The molecule has 0 spiro atoms. The van der Waals surface area contributed by atoms with E-state index in [1.165, 1.54) is 26.1 Å². The number of nitrogen functional groups attached to an aromatic ring is 1. The molecule has 12 nitrogen and oxygen atoms in total. The minimum absolute atomic E-state index is 0.00368. The number of nitrogens with zero attached hydrogens (tertiary/aromatic N) is 3. The lowest BCUT2D eigenvalue weighted by atomic mass is 9.89. The fourth-order valence-corrected chi connectivity index (χ4v) is 5.32. The van der Waals surface area contributed by atoms with E-state index in [-0.39, 0.29) is 12.4 Å². The van der Waals surface area contributed by atoms with Crippen LogP contribution < -0.4 is 11.4 Å². The molecule has 174 valence electrons. The lowest BCUT2D eigenvalue weighted by molar-refractivity contribution is -0.124. The number of hydrogen-bond donors (Lipinski definition) is 3. The third-order valence-electron chi connectivity index (χ3n) is 5.59. The monoisotopic (exact) mass is 468 g/mol. The number of aliphatic hydroxyl groups is 2. The third-order valence-corrected chi connectivity index (χ3v) is 7.05. The van der Waals surface area contributed by atoms with Crippen LogP contribution in [0.2, 0.25) is 0 Å². The molecular weight excluding hydrogens is 443 g/mol. The number of phosphoric acid groups is 1. The van der Waals surface area contributed by atoms with Crippen LogP contribution in [0.3, 0.4) is 0 Å². The van der Waals surface area contributed by atoms with Gasteiger partial charge in [-0.1, -0.05) is 0 Å². The number of anilines is 1. The normalized spacial score (nSPS) is 37.4. The maximum absolute atomic E-state index is 13.1. The Morgan fingerprint density at radius 1 is 1.34 bits per heavy atom. The molecule has 2 aliphatic heterocycles. The van der Waals surface area contributed by atoms with E-state index in [0.717, 1.165) is 10.1 Å². The highest BCUT2D eigenvalue weighted by Gasteiger charge is 2.60. The first-order valence-corrected chi connectivity index (χ1v) is 11.4. The van der Waals surface area contributed by atoms with Gasteiger partial charge < -0.3 is 20.7 Å². The van der Waals surface area contributed by atoms with Gasteiger partial charge in [0.25, 0.3) is 0 Å². The number of aromatic nitrogens is 3. The molecule has 0 radical (unpaired) electrons. The molecule has 0 aromatic carbocycles. The SMILES string of the molecule is C[C@]1(O)[C@H](n2ccc(N)nc2=O)O[C@](C)(COP2(=O)OCCC(c3ccncc3)O2)[C@H]1O. The van der Waals surface area contributed by atoms with Crippen molar-refractivity contribution in [2.75, 3.05) is 18.9 Å². The van der Waals surface area contributed by atoms with Crippen LogP contribution in [0.4, 0.5) is 5.82 Å². The summed E-state index contributed by atoms with van der Waals surface area (Å²) in [5.41, 5.74) is 2.07. The maximum atomic E-state index is 13.1. The second kappa shape index (κ2) is 8.31. The highest BCUT2D eigenvalue weighted by Crippen LogP contribution is 2.58. The van der Waals surface area contributed by atoms with E-state index in [1.807, 2.05) is 0 Å². The smallest absolute Gasteiger partial charge is 0.387 e. The van der Waals surface area contributed by atoms with Crippen LogP contribution >= 0.6 is 7.82 Å². The van der Waals surface area contributed by atoms with Gasteiger partial charge in [-0.2, -0.15) is 4.98 Å². The van der Waals surface area contributed by atoms with Gasteiger partial charge in [0.15, 0.2) is 6.23 Å². The topological polar surface area (TPSA) is 168 Å².